The second-order valence-electron chi connectivity index (χ2n) is 4.26. The molecule has 4 heteroatoms. The Morgan fingerprint density at radius 1 is 1.37 bits per heavy atom. The van der Waals surface area contributed by atoms with Gasteiger partial charge in [-0.1, -0.05) is 32.9 Å². The standard InChI is InChI=1S/C15H20NO.ClH.Na/c1-4-15(17)16-11-7-9-13-8-5-6-10-14(13)12(2)3;;/h4-6,8,10H,1,7,9,11H2,2-3H3,(H,16,17);1H;/q-1;;+1. The second-order valence-corrected chi connectivity index (χ2v) is 4.26. The average molecular weight is 290 g/mol. The molecule has 0 unspecified atom stereocenters. The first kappa shape index (κ1) is 20.9. The van der Waals surface area contributed by atoms with Gasteiger partial charge < -0.3 is 5.32 Å². The minimum Gasteiger partial charge on any atom is -0.353 e. The molecule has 0 heterocycles. The number of benzene rings is 1. The number of carbonyl (C=O) groups is 1. The molecule has 1 rings (SSSR count). The van der Waals surface area contributed by atoms with Crippen LogP contribution in [-0.4, -0.2) is 12.5 Å². The molecule has 0 aliphatic rings. The van der Waals surface area contributed by atoms with Crippen molar-refractivity contribution in [2.75, 3.05) is 6.54 Å². The van der Waals surface area contributed by atoms with Gasteiger partial charge in [-0.15, -0.1) is 30.1 Å². The molecule has 0 radical (unpaired) electrons. The minimum absolute atomic E-state index is 0. The first-order valence-corrected chi connectivity index (χ1v) is 5.94. The Kier molecular flexibility index (Phi) is 12.6. The number of rotatable bonds is 6. The Bertz CT molecular complexity index is 393. The van der Waals surface area contributed by atoms with Crippen LogP contribution in [0.4, 0.5) is 0 Å². The first-order valence-electron chi connectivity index (χ1n) is 5.94. The van der Waals surface area contributed by atoms with Crippen molar-refractivity contribution >= 4 is 18.3 Å². The molecule has 2 nitrogen and oxygen atoms in total. The van der Waals surface area contributed by atoms with Gasteiger partial charge in [-0.3, -0.25) is 4.79 Å². The molecule has 0 fully saturated rings. The molecule has 1 aromatic carbocycles. The van der Waals surface area contributed by atoms with Crippen LogP contribution in [0.5, 0.6) is 0 Å². The summed E-state index contributed by atoms with van der Waals surface area (Å²) in [4.78, 5) is 11.0. The number of hydrogen-bond acceptors (Lipinski definition) is 1. The van der Waals surface area contributed by atoms with Gasteiger partial charge in [0.1, 0.15) is 0 Å². The summed E-state index contributed by atoms with van der Waals surface area (Å²) in [6.07, 6.45) is 3.24. The van der Waals surface area contributed by atoms with Gasteiger partial charge in [-0.05, 0) is 12.5 Å². The van der Waals surface area contributed by atoms with Crippen LogP contribution in [0.1, 0.15) is 31.4 Å². The first-order chi connectivity index (χ1) is 8.15. The summed E-state index contributed by atoms with van der Waals surface area (Å²) >= 11 is 0. The Balaban J connectivity index is 0. The van der Waals surface area contributed by atoms with Crippen LogP contribution in [0.15, 0.2) is 36.9 Å². The Hall–Kier alpha value is -0.410. The van der Waals surface area contributed by atoms with Crippen molar-refractivity contribution < 1.29 is 34.4 Å². The number of hydrogen-bond donors (Lipinski definition) is 1. The van der Waals surface area contributed by atoms with Crippen molar-refractivity contribution in [3.05, 3.63) is 54.0 Å². The van der Waals surface area contributed by atoms with Crippen LogP contribution in [0.25, 0.3) is 0 Å². The zero-order valence-corrected chi connectivity index (χ0v) is 14.8. The van der Waals surface area contributed by atoms with E-state index < -0.39 is 0 Å². The third kappa shape index (κ3) is 7.68. The third-order valence-electron chi connectivity index (χ3n) is 2.66. The second kappa shape index (κ2) is 11.4. The summed E-state index contributed by atoms with van der Waals surface area (Å²) in [5.74, 6) is 1.23. The van der Waals surface area contributed by atoms with E-state index >= 15 is 0 Å². The van der Waals surface area contributed by atoms with E-state index in [1.165, 1.54) is 23.1 Å². The number of amides is 1. The normalized spacial score (nSPS) is 8.74. The van der Waals surface area contributed by atoms with Crippen LogP contribution >= 0.6 is 12.4 Å². The molecule has 0 atom stereocenters. The van der Waals surface area contributed by atoms with E-state index in [9.17, 15) is 4.79 Å². The molecular formula is C15H21ClNNaO. The minimum atomic E-state index is -0.100. The van der Waals surface area contributed by atoms with E-state index in [0.717, 1.165) is 12.8 Å². The van der Waals surface area contributed by atoms with Gasteiger partial charge >= 0.3 is 29.6 Å². The van der Waals surface area contributed by atoms with Gasteiger partial charge in [-0.25, -0.2) is 0 Å². The summed E-state index contributed by atoms with van der Waals surface area (Å²) in [5, 5.41) is 2.79. The summed E-state index contributed by atoms with van der Waals surface area (Å²) in [5.41, 5.74) is 2.67. The maximum absolute atomic E-state index is 11.0. The molecule has 0 saturated carbocycles. The van der Waals surface area contributed by atoms with E-state index in [4.69, 9.17) is 0 Å². The fourth-order valence-electron chi connectivity index (χ4n) is 1.79. The third-order valence-corrected chi connectivity index (χ3v) is 2.66. The molecule has 0 aliphatic heterocycles. The van der Waals surface area contributed by atoms with Crippen molar-refractivity contribution in [1.82, 2.24) is 5.32 Å². The van der Waals surface area contributed by atoms with E-state index in [1.54, 1.807) is 0 Å². The van der Waals surface area contributed by atoms with E-state index in [-0.39, 0.29) is 47.9 Å². The molecule has 1 aromatic rings. The summed E-state index contributed by atoms with van der Waals surface area (Å²) in [7, 11) is 0. The monoisotopic (exact) mass is 289 g/mol. The van der Waals surface area contributed by atoms with E-state index in [2.05, 4.69) is 50.0 Å². The van der Waals surface area contributed by atoms with Gasteiger partial charge in [0.05, 0.1) is 0 Å². The van der Waals surface area contributed by atoms with Crippen LogP contribution < -0.4 is 34.9 Å². The van der Waals surface area contributed by atoms with Gasteiger partial charge in [0, 0.05) is 6.54 Å². The summed E-state index contributed by atoms with van der Waals surface area (Å²) in [6, 6.07) is 8.42. The maximum Gasteiger partial charge on any atom is 1.00 e. The molecule has 19 heavy (non-hydrogen) atoms. The Labute approximate surface area is 144 Å². The molecule has 0 bridgehead atoms. The van der Waals surface area contributed by atoms with Gasteiger partial charge in [0.25, 0.3) is 0 Å². The Morgan fingerprint density at radius 3 is 2.58 bits per heavy atom. The quantitative estimate of drug-likeness (QED) is 0.347. The number of halogens is 1. The fraction of sp³-hybridized carbons (Fsp3) is 0.333. The molecule has 100 valence electrons. The van der Waals surface area contributed by atoms with Gasteiger partial charge in [0.15, 0.2) is 0 Å². The fourth-order valence-corrected chi connectivity index (χ4v) is 1.79. The van der Waals surface area contributed by atoms with E-state index in [1.807, 2.05) is 0 Å². The van der Waals surface area contributed by atoms with Crippen LogP contribution in [0.2, 0.25) is 0 Å². The van der Waals surface area contributed by atoms with Gasteiger partial charge in [-0.2, -0.15) is 17.5 Å². The summed E-state index contributed by atoms with van der Waals surface area (Å²) < 4.78 is 0. The van der Waals surface area contributed by atoms with E-state index in [0.29, 0.717) is 6.54 Å². The Morgan fingerprint density at radius 2 is 2.00 bits per heavy atom. The number of aryl methyl sites for hydroxylation is 1. The average Bonchev–Trinajstić information content (AvgIpc) is 2.34. The number of nitrogens with one attached hydrogen (secondary N) is 1. The SMILES string of the molecule is C=CC(=O)NCCCc1ccccc1[C-](C)C.Cl.[Na+]. The predicted molar refractivity (Wildman–Crippen MR) is 78.9 cm³/mol. The molecule has 0 aromatic heterocycles. The smallest absolute Gasteiger partial charge is 0.353 e. The van der Waals surface area contributed by atoms with Crippen molar-refractivity contribution in [2.24, 2.45) is 0 Å². The van der Waals surface area contributed by atoms with Crippen LogP contribution in [-0.2, 0) is 11.2 Å². The molecule has 0 saturated heterocycles. The largest absolute Gasteiger partial charge is 1.00 e. The molecule has 0 aliphatic carbocycles. The molecular weight excluding hydrogens is 269 g/mol. The topological polar surface area (TPSA) is 29.1 Å². The van der Waals surface area contributed by atoms with Crippen LogP contribution in [0, 0.1) is 5.92 Å². The molecule has 1 N–H and O–H groups in total. The van der Waals surface area contributed by atoms with Crippen molar-refractivity contribution in [2.45, 2.75) is 26.7 Å². The molecule has 0 spiro atoms. The van der Waals surface area contributed by atoms with Gasteiger partial charge in [0.2, 0.25) is 5.91 Å². The summed E-state index contributed by atoms with van der Waals surface area (Å²) in [6.45, 7) is 8.36. The molecule has 1 amide bonds. The maximum atomic E-state index is 11.0. The van der Waals surface area contributed by atoms with Crippen LogP contribution in [0.3, 0.4) is 0 Å². The van der Waals surface area contributed by atoms with Crippen molar-refractivity contribution in [1.29, 1.82) is 0 Å². The zero-order valence-electron chi connectivity index (χ0n) is 12.0. The van der Waals surface area contributed by atoms with Crippen molar-refractivity contribution in [3.8, 4) is 0 Å². The number of carbonyl (C=O) groups excluding carboxylic acids is 1. The zero-order chi connectivity index (χ0) is 12.7. The van der Waals surface area contributed by atoms with Crippen molar-refractivity contribution in [3.63, 3.8) is 0 Å². The predicted octanol–water partition coefficient (Wildman–Crippen LogP) is 0.310.